The number of fused-ring (bicyclic) bond motifs is 3. The fourth-order valence-electron chi connectivity index (χ4n) is 11.7. The second-order valence-electron chi connectivity index (χ2n) is 22.9. The van der Waals surface area contributed by atoms with Gasteiger partial charge in [-0.25, -0.2) is 4.79 Å². The van der Waals surface area contributed by atoms with Gasteiger partial charge in [0.05, 0.1) is 24.4 Å². The smallest absolute Gasteiger partial charge is 0.329 e. The molecule has 3 aliphatic heterocycles. The largest absolute Gasteiger partial charge is 0.460 e. The number of allylic oxidation sites excluding steroid dienone is 6. The number of amides is 1. The monoisotopic (exact) mass is 1070 g/mol. The Balaban J connectivity index is 1.63. The Morgan fingerprint density at radius 2 is 1.54 bits per heavy atom. The zero-order chi connectivity index (χ0) is 56.1. The van der Waals surface area contributed by atoms with Gasteiger partial charge < -0.3 is 43.5 Å². The highest BCUT2D eigenvalue weighted by Gasteiger charge is 2.53. The zero-order valence-corrected chi connectivity index (χ0v) is 48.1. The molecule has 2 saturated heterocycles. The summed E-state index contributed by atoms with van der Waals surface area (Å²) in [6, 6.07) is -1.16. The Morgan fingerprint density at radius 3 is 2.22 bits per heavy atom. The second kappa shape index (κ2) is 32.3. The van der Waals surface area contributed by atoms with Gasteiger partial charge >= 0.3 is 11.9 Å². The van der Waals surface area contributed by atoms with Gasteiger partial charge in [0.1, 0.15) is 24.4 Å². The number of aliphatic hydroxyl groups excluding tert-OH is 1. The van der Waals surface area contributed by atoms with E-state index in [4.69, 9.17) is 28.4 Å². The van der Waals surface area contributed by atoms with E-state index in [-0.39, 0.29) is 66.9 Å². The number of ether oxygens (including phenoxy) is 6. The number of unbranched alkanes of at least 4 members (excludes halogenated alkanes) is 6. The molecule has 430 valence electrons. The minimum Gasteiger partial charge on any atom is -0.460 e. The van der Waals surface area contributed by atoms with Crippen LogP contribution in [-0.2, 0) is 57.2 Å². The van der Waals surface area contributed by atoms with E-state index in [9.17, 15) is 39.0 Å². The Labute approximate surface area is 455 Å². The van der Waals surface area contributed by atoms with Crippen LogP contribution in [0.1, 0.15) is 184 Å². The van der Waals surface area contributed by atoms with Crippen molar-refractivity contribution in [1.29, 1.82) is 0 Å². The van der Waals surface area contributed by atoms with E-state index in [0.717, 1.165) is 24.8 Å². The first-order valence-corrected chi connectivity index (χ1v) is 28.9. The van der Waals surface area contributed by atoms with Gasteiger partial charge in [0.2, 0.25) is 5.79 Å². The molecule has 0 radical (unpaired) electrons. The molecule has 76 heavy (non-hydrogen) atoms. The topological polar surface area (TPSA) is 201 Å². The molecule has 0 spiro atoms. The quantitative estimate of drug-likeness (QED) is 0.0891. The molecule has 1 saturated carbocycles. The molecule has 2 bridgehead atoms. The van der Waals surface area contributed by atoms with E-state index in [2.05, 4.69) is 6.92 Å². The third-order valence-electron chi connectivity index (χ3n) is 16.7. The molecule has 1 aliphatic carbocycles. The van der Waals surface area contributed by atoms with Gasteiger partial charge in [-0.05, 0) is 113 Å². The van der Waals surface area contributed by atoms with Crippen molar-refractivity contribution in [2.24, 2.45) is 35.5 Å². The summed E-state index contributed by atoms with van der Waals surface area (Å²) in [5.41, 5.74) is 1.18. The summed E-state index contributed by atoms with van der Waals surface area (Å²) in [7, 11) is 4.58. The summed E-state index contributed by atoms with van der Waals surface area (Å²) in [4.78, 5) is 85.6. The van der Waals surface area contributed by atoms with Gasteiger partial charge in [-0.2, -0.15) is 0 Å². The fraction of sp³-hybridized carbons (Fsp3) is 0.770. The first-order valence-electron chi connectivity index (χ1n) is 28.9. The van der Waals surface area contributed by atoms with E-state index in [1.807, 2.05) is 58.1 Å². The number of ketones is 3. The Kier molecular flexibility index (Phi) is 27.5. The molecule has 0 aromatic heterocycles. The van der Waals surface area contributed by atoms with Crippen LogP contribution in [0.25, 0.3) is 0 Å². The maximum absolute atomic E-state index is 14.6. The Bertz CT molecular complexity index is 2010. The molecular formula is C61H97NO14. The van der Waals surface area contributed by atoms with Crippen molar-refractivity contribution in [3.05, 3.63) is 47.6 Å². The fourth-order valence-corrected chi connectivity index (χ4v) is 11.7. The zero-order valence-electron chi connectivity index (χ0n) is 48.1. The maximum Gasteiger partial charge on any atom is 0.329 e. The third-order valence-corrected chi connectivity index (χ3v) is 16.7. The number of hydrogen-bond donors (Lipinski definition) is 2. The molecule has 15 nitrogen and oxygen atoms in total. The van der Waals surface area contributed by atoms with E-state index < -0.39 is 77.8 Å². The SMILES string of the molecule is CCCCCCCCCC(=O)O[C@@H]1CC[C@@H](C[C@@H](C)[C@@H]2CC(=O)C(C)=CC(C)[C@@H](O)[C@@H](OC)C(=O)[C@H](C)C[C@H](C)C=CC=CC=C(C)[C@@H](OC)C[C@@H]3CC[C@@H](C)[C@@](O)(O3)C(=O)C(=O)N3CCCC[C@H]3C(=O)O2)C[C@H]1OC. The Morgan fingerprint density at radius 1 is 0.829 bits per heavy atom. The lowest BCUT2D eigenvalue weighted by Crippen LogP contribution is -2.61. The van der Waals surface area contributed by atoms with Gasteiger partial charge in [-0.3, -0.25) is 24.0 Å². The van der Waals surface area contributed by atoms with Crippen LogP contribution in [0.15, 0.2) is 47.6 Å². The van der Waals surface area contributed by atoms with E-state index in [1.54, 1.807) is 41.1 Å². The van der Waals surface area contributed by atoms with Crippen LogP contribution in [0.2, 0.25) is 0 Å². The van der Waals surface area contributed by atoms with Crippen molar-refractivity contribution >= 4 is 35.2 Å². The molecule has 4 rings (SSSR count). The summed E-state index contributed by atoms with van der Waals surface area (Å²) >= 11 is 0. The summed E-state index contributed by atoms with van der Waals surface area (Å²) in [6.07, 6.45) is 19.4. The van der Waals surface area contributed by atoms with Crippen LogP contribution in [0.5, 0.6) is 0 Å². The first kappa shape index (κ1) is 64.7. The van der Waals surface area contributed by atoms with Crippen LogP contribution in [-0.4, -0.2) is 133 Å². The van der Waals surface area contributed by atoms with Crippen LogP contribution >= 0.6 is 0 Å². The highest BCUT2D eigenvalue weighted by Crippen LogP contribution is 2.38. The molecule has 1 amide bonds. The molecule has 2 N–H and O–H groups in total. The number of hydrogen-bond acceptors (Lipinski definition) is 14. The van der Waals surface area contributed by atoms with Gasteiger partial charge in [0.25, 0.3) is 11.7 Å². The first-order chi connectivity index (χ1) is 36.2. The predicted octanol–water partition coefficient (Wildman–Crippen LogP) is 9.87. The van der Waals surface area contributed by atoms with Crippen molar-refractivity contribution in [2.45, 2.75) is 238 Å². The third kappa shape index (κ3) is 18.9. The molecule has 15 atom stereocenters. The number of carbonyl (C=O) groups is 6. The average molecular weight is 1070 g/mol. The minimum absolute atomic E-state index is 0.0122. The summed E-state index contributed by atoms with van der Waals surface area (Å²) < 4.78 is 35.9. The van der Waals surface area contributed by atoms with Crippen molar-refractivity contribution in [3.8, 4) is 0 Å². The van der Waals surface area contributed by atoms with Crippen molar-refractivity contribution in [1.82, 2.24) is 4.90 Å². The molecule has 3 heterocycles. The standard InChI is InChI=1S/C61H97NO14/c1-12-13-14-15-16-17-21-27-54(64)74-50-31-29-46(36-53(50)72-10)35-42(5)52-38-49(63)41(4)34-44(7)56(66)57(73-11)55(65)43(6)33-39(2)24-19-18-20-25-40(3)51(71-9)37-47-30-28-45(8)61(70,76-47)58(67)59(68)62-32-23-22-26-48(62)60(69)75-52/h18-20,24-25,34,39,42-48,50-53,56-57,66,70H,12-17,21-23,26-33,35-38H2,1-11H3/t39-,42-,43-,44?,45-,46+,47+,48+,50-,51+,52+,53-,56-,57+,61-/m1/s1. The number of rotatable bonds is 15. The summed E-state index contributed by atoms with van der Waals surface area (Å²) in [6.45, 7) is 15.0. The number of piperidine rings is 1. The lowest BCUT2D eigenvalue weighted by molar-refractivity contribution is -0.265. The van der Waals surface area contributed by atoms with Crippen molar-refractivity contribution < 1.29 is 67.4 Å². The molecular weight excluding hydrogens is 971 g/mol. The molecule has 15 heteroatoms. The molecule has 1 unspecified atom stereocenters. The predicted molar refractivity (Wildman–Crippen MR) is 292 cm³/mol. The number of aliphatic hydroxyl groups is 2. The lowest BCUT2D eigenvalue weighted by Gasteiger charge is -2.42. The minimum atomic E-state index is -2.45. The molecule has 3 fully saturated rings. The van der Waals surface area contributed by atoms with Crippen LogP contribution in [0, 0.1) is 35.5 Å². The van der Waals surface area contributed by atoms with Gasteiger partial charge in [-0.1, -0.05) is 117 Å². The van der Waals surface area contributed by atoms with E-state index in [0.29, 0.717) is 76.2 Å². The highest BCUT2D eigenvalue weighted by atomic mass is 16.6. The van der Waals surface area contributed by atoms with Crippen LogP contribution < -0.4 is 0 Å². The molecule has 0 aromatic rings. The number of cyclic esters (lactones) is 1. The molecule has 4 aliphatic rings. The maximum atomic E-state index is 14.6. The van der Waals surface area contributed by atoms with Crippen molar-refractivity contribution in [2.75, 3.05) is 27.9 Å². The van der Waals surface area contributed by atoms with E-state index in [1.165, 1.54) is 37.7 Å². The molecule has 0 aromatic carbocycles. The number of Topliss-reactive ketones (excluding diaryl/α,β-unsaturated/α-hetero) is 3. The van der Waals surface area contributed by atoms with Crippen LogP contribution in [0.4, 0.5) is 0 Å². The van der Waals surface area contributed by atoms with Gasteiger partial charge in [0.15, 0.2) is 11.6 Å². The van der Waals surface area contributed by atoms with Gasteiger partial charge in [-0.15, -0.1) is 0 Å². The average Bonchev–Trinajstić information content (AvgIpc) is 3.40. The number of nitrogens with zero attached hydrogens (tertiary/aromatic N) is 1. The Hall–Kier alpha value is -3.86. The van der Waals surface area contributed by atoms with Crippen molar-refractivity contribution in [3.63, 3.8) is 0 Å². The summed E-state index contributed by atoms with van der Waals surface area (Å²) in [5.74, 6) is -8.33. The summed E-state index contributed by atoms with van der Waals surface area (Å²) in [5, 5.41) is 23.6. The normalized spacial score (nSPS) is 34.0. The van der Waals surface area contributed by atoms with Gasteiger partial charge in [0, 0.05) is 64.9 Å². The van der Waals surface area contributed by atoms with E-state index >= 15 is 0 Å². The second-order valence-corrected chi connectivity index (χ2v) is 22.9. The van der Waals surface area contributed by atoms with Crippen LogP contribution in [0.3, 0.4) is 0 Å². The number of esters is 2. The number of carbonyl (C=O) groups excluding carboxylic acids is 6. The lowest BCUT2D eigenvalue weighted by atomic mass is 9.78. The number of methoxy groups -OCH3 is 3. The highest BCUT2D eigenvalue weighted by molar-refractivity contribution is 6.39.